The van der Waals surface area contributed by atoms with Crippen LogP contribution in [0, 0.1) is 6.92 Å². The number of thiazole rings is 1. The summed E-state index contributed by atoms with van der Waals surface area (Å²) in [5.74, 6) is -0.238. The molecule has 0 atom stereocenters. The van der Waals surface area contributed by atoms with Crippen LogP contribution in [-0.4, -0.2) is 10.5 Å². The van der Waals surface area contributed by atoms with E-state index in [-0.39, 0.29) is 22.9 Å². The van der Waals surface area contributed by atoms with Crippen LogP contribution in [0.15, 0.2) is 95.3 Å². The van der Waals surface area contributed by atoms with Gasteiger partial charge in [-0.1, -0.05) is 66.2 Å². The van der Waals surface area contributed by atoms with Crippen molar-refractivity contribution in [1.29, 1.82) is 0 Å². The van der Waals surface area contributed by atoms with E-state index in [0.29, 0.717) is 10.4 Å². The van der Waals surface area contributed by atoms with Gasteiger partial charge in [0, 0.05) is 16.6 Å². The van der Waals surface area contributed by atoms with Gasteiger partial charge in [0.25, 0.3) is 5.91 Å². The van der Waals surface area contributed by atoms with Crippen molar-refractivity contribution in [2.75, 3.05) is 0 Å². The molecule has 28 heavy (non-hydrogen) atoms. The summed E-state index contributed by atoms with van der Waals surface area (Å²) >= 11 is 1.47. The fourth-order valence-corrected chi connectivity index (χ4v) is 3.78. The van der Waals surface area contributed by atoms with Crippen molar-refractivity contribution < 1.29 is 21.8 Å². The van der Waals surface area contributed by atoms with E-state index in [4.69, 9.17) is 0 Å². The van der Waals surface area contributed by atoms with Crippen LogP contribution in [0.5, 0.6) is 0 Å². The first-order valence-corrected chi connectivity index (χ1v) is 9.57. The van der Waals surface area contributed by atoms with Crippen LogP contribution >= 0.6 is 11.3 Å². The van der Waals surface area contributed by atoms with E-state index in [1.165, 1.54) is 16.9 Å². The van der Waals surface area contributed by atoms with Gasteiger partial charge in [-0.15, -0.1) is 11.3 Å². The molecule has 0 saturated carbocycles. The van der Waals surface area contributed by atoms with Crippen LogP contribution in [0.2, 0.25) is 0 Å². The van der Waals surface area contributed by atoms with Crippen LogP contribution in [0.4, 0.5) is 0 Å². The molecule has 0 unspecified atom stereocenters. The molecule has 0 N–H and O–H groups in total. The summed E-state index contributed by atoms with van der Waals surface area (Å²) in [6, 6.07) is 27.5. The second-order valence-corrected chi connectivity index (χ2v) is 7.06. The third-order valence-electron chi connectivity index (χ3n) is 4.29. The van der Waals surface area contributed by atoms with E-state index in [1.807, 2.05) is 53.1 Å². The lowest BCUT2D eigenvalue weighted by Gasteiger charge is -2.09. The standard InChI is InChI=1S/C23H18N2OS.BrH/c1-17-12-14-18(15-13-17)21-16-27-23(25(21)20-10-6-3-7-11-20)24-22(26)19-8-4-2-5-9-19;/h2-16H,1H3;1H/p-1. The predicted molar refractivity (Wildman–Crippen MR) is 110 cm³/mol. The average Bonchev–Trinajstić information content (AvgIpc) is 3.13. The van der Waals surface area contributed by atoms with Crippen molar-refractivity contribution in [1.82, 2.24) is 4.57 Å². The number of halogens is 1. The van der Waals surface area contributed by atoms with Crippen LogP contribution in [-0.2, 0) is 0 Å². The average molecular weight is 450 g/mol. The summed E-state index contributed by atoms with van der Waals surface area (Å²) in [6.07, 6.45) is 0. The molecule has 1 aromatic heterocycles. The van der Waals surface area contributed by atoms with Gasteiger partial charge in [-0.25, -0.2) is 0 Å². The fourth-order valence-electron chi connectivity index (χ4n) is 2.87. The molecule has 1 heterocycles. The van der Waals surface area contributed by atoms with Crippen molar-refractivity contribution in [2.45, 2.75) is 6.92 Å². The molecule has 0 spiro atoms. The molecule has 4 aromatic rings. The second kappa shape index (κ2) is 8.95. The molecule has 0 bridgehead atoms. The summed E-state index contributed by atoms with van der Waals surface area (Å²) in [7, 11) is 0. The topological polar surface area (TPSA) is 34.4 Å². The van der Waals surface area contributed by atoms with Gasteiger partial charge in [-0.3, -0.25) is 9.36 Å². The number of para-hydroxylation sites is 1. The molecule has 0 fully saturated rings. The number of aromatic nitrogens is 1. The van der Waals surface area contributed by atoms with Crippen LogP contribution in [0.1, 0.15) is 15.9 Å². The highest BCUT2D eigenvalue weighted by Crippen LogP contribution is 2.24. The quantitative estimate of drug-likeness (QED) is 0.472. The lowest BCUT2D eigenvalue weighted by molar-refractivity contribution is -0.0000133. The van der Waals surface area contributed by atoms with Gasteiger partial charge in [0.05, 0.1) is 5.69 Å². The van der Waals surface area contributed by atoms with E-state index in [9.17, 15) is 4.79 Å². The maximum Gasteiger partial charge on any atom is 0.279 e. The van der Waals surface area contributed by atoms with Crippen molar-refractivity contribution in [2.24, 2.45) is 4.99 Å². The zero-order valence-corrected chi connectivity index (χ0v) is 17.7. The van der Waals surface area contributed by atoms with Gasteiger partial charge in [-0.2, -0.15) is 4.99 Å². The number of rotatable bonds is 3. The van der Waals surface area contributed by atoms with Crippen LogP contribution in [0.25, 0.3) is 16.9 Å². The van der Waals surface area contributed by atoms with Crippen LogP contribution in [0.3, 0.4) is 0 Å². The van der Waals surface area contributed by atoms with Gasteiger partial charge in [0.15, 0.2) is 4.80 Å². The molecule has 0 aliphatic carbocycles. The lowest BCUT2D eigenvalue weighted by Crippen LogP contribution is -3.00. The monoisotopic (exact) mass is 449 g/mol. The Morgan fingerprint density at radius 1 is 0.857 bits per heavy atom. The Morgan fingerprint density at radius 3 is 2.11 bits per heavy atom. The highest BCUT2D eigenvalue weighted by atomic mass is 79.9. The molecular formula is C23H18BrN2OS-. The minimum absolute atomic E-state index is 0. The molecule has 1 amide bonds. The molecule has 5 heteroatoms. The molecule has 0 radical (unpaired) electrons. The Labute approximate surface area is 178 Å². The fraction of sp³-hybridized carbons (Fsp3) is 0.0435. The first-order chi connectivity index (χ1) is 13.2. The Morgan fingerprint density at radius 2 is 1.46 bits per heavy atom. The first-order valence-electron chi connectivity index (χ1n) is 8.69. The maximum absolute atomic E-state index is 12.6. The number of amides is 1. The Bertz CT molecular complexity index is 1130. The zero-order valence-electron chi connectivity index (χ0n) is 15.2. The van der Waals surface area contributed by atoms with E-state index < -0.39 is 0 Å². The maximum atomic E-state index is 12.6. The van der Waals surface area contributed by atoms with E-state index >= 15 is 0 Å². The molecule has 3 nitrogen and oxygen atoms in total. The zero-order chi connectivity index (χ0) is 18.6. The van der Waals surface area contributed by atoms with Gasteiger partial charge in [0.2, 0.25) is 0 Å². The summed E-state index contributed by atoms with van der Waals surface area (Å²) in [4.78, 5) is 17.7. The molecule has 4 rings (SSSR count). The van der Waals surface area contributed by atoms with E-state index in [2.05, 4.69) is 41.6 Å². The molecule has 140 valence electrons. The van der Waals surface area contributed by atoms with Crippen molar-refractivity contribution in [3.8, 4) is 16.9 Å². The van der Waals surface area contributed by atoms with E-state index in [0.717, 1.165) is 16.9 Å². The Hall–Kier alpha value is -2.76. The number of carbonyl (C=O) groups excluding carboxylic acids is 1. The number of carbonyl (C=O) groups is 1. The van der Waals surface area contributed by atoms with Crippen molar-refractivity contribution in [3.05, 3.63) is 106 Å². The van der Waals surface area contributed by atoms with Gasteiger partial charge in [0.1, 0.15) is 0 Å². The molecule has 0 aliphatic rings. The Balaban J connectivity index is 0.00000225. The highest BCUT2D eigenvalue weighted by Gasteiger charge is 2.11. The highest BCUT2D eigenvalue weighted by molar-refractivity contribution is 7.07. The summed E-state index contributed by atoms with van der Waals surface area (Å²) < 4.78 is 2.04. The van der Waals surface area contributed by atoms with Gasteiger partial charge < -0.3 is 17.0 Å². The molecule has 0 saturated heterocycles. The molecule has 0 aliphatic heterocycles. The number of nitrogens with zero attached hydrogens (tertiary/aromatic N) is 2. The third kappa shape index (κ3) is 4.21. The summed E-state index contributed by atoms with van der Waals surface area (Å²) in [5, 5.41) is 2.05. The van der Waals surface area contributed by atoms with Gasteiger partial charge >= 0.3 is 0 Å². The third-order valence-corrected chi connectivity index (χ3v) is 5.11. The van der Waals surface area contributed by atoms with E-state index in [1.54, 1.807) is 12.1 Å². The smallest absolute Gasteiger partial charge is 0.279 e. The SMILES string of the molecule is Cc1ccc(-c2csc(=NC(=O)c3ccccc3)n2-c2ccccc2)cc1.[Br-]. The second-order valence-electron chi connectivity index (χ2n) is 6.22. The number of hydrogen-bond acceptors (Lipinski definition) is 2. The number of benzene rings is 3. The number of hydrogen-bond donors (Lipinski definition) is 0. The summed E-state index contributed by atoms with van der Waals surface area (Å²) in [6.45, 7) is 2.07. The predicted octanol–water partition coefficient (Wildman–Crippen LogP) is 2.26. The molecule has 3 aromatic carbocycles. The summed E-state index contributed by atoms with van der Waals surface area (Å²) in [5.41, 5.74) is 4.89. The Kier molecular flexibility index (Phi) is 6.39. The van der Waals surface area contributed by atoms with Crippen molar-refractivity contribution in [3.63, 3.8) is 0 Å². The minimum atomic E-state index is -0.238. The molecular weight excluding hydrogens is 432 g/mol. The van der Waals surface area contributed by atoms with Crippen molar-refractivity contribution >= 4 is 17.2 Å². The number of aryl methyl sites for hydroxylation is 1. The first kappa shape index (κ1) is 20.0. The normalized spacial score (nSPS) is 11.1. The van der Waals surface area contributed by atoms with Gasteiger partial charge in [-0.05, 0) is 36.8 Å². The minimum Gasteiger partial charge on any atom is -1.00 e. The lowest BCUT2D eigenvalue weighted by atomic mass is 10.1. The largest absolute Gasteiger partial charge is 1.00 e. The van der Waals surface area contributed by atoms with Crippen LogP contribution < -0.4 is 21.8 Å².